The van der Waals surface area contributed by atoms with Crippen molar-refractivity contribution in [1.82, 2.24) is 0 Å². The molecular weight excluding hydrogens is 244 g/mol. The number of carbonyl (C=O) groups excluding carboxylic acids is 2. The Hall–Kier alpha value is -1.91. The zero-order valence-corrected chi connectivity index (χ0v) is 11.3. The summed E-state index contributed by atoms with van der Waals surface area (Å²) < 4.78 is 6.71. The van der Waals surface area contributed by atoms with Gasteiger partial charge >= 0.3 is 5.97 Å². The zero-order chi connectivity index (χ0) is 14.1. The Morgan fingerprint density at radius 3 is 2.79 bits per heavy atom. The lowest BCUT2D eigenvalue weighted by molar-refractivity contribution is -0.686. The molecule has 2 N–H and O–H groups in total. The van der Waals surface area contributed by atoms with Gasteiger partial charge in [-0.1, -0.05) is 26.2 Å². The molecule has 0 saturated heterocycles. The highest BCUT2D eigenvalue weighted by atomic mass is 16.5. The van der Waals surface area contributed by atoms with Gasteiger partial charge in [-0.3, -0.25) is 4.79 Å². The van der Waals surface area contributed by atoms with Crippen molar-refractivity contribution in [2.75, 3.05) is 6.61 Å². The minimum absolute atomic E-state index is 0.0922. The van der Waals surface area contributed by atoms with Crippen LogP contribution in [0.1, 0.15) is 43.0 Å². The van der Waals surface area contributed by atoms with Gasteiger partial charge < -0.3 is 10.5 Å². The van der Waals surface area contributed by atoms with E-state index in [1.807, 2.05) is 0 Å². The van der Waals surface area contributed by atoms with Crippen molar-refractivity contribution >= 4 is 11.9 Å². The first-order valence-corrected chi connectivity index (χ1v) is 6.58. The fourth-order valence-corrected chi connectivity index (χ4v) is 1.68. The first-order chi connectivity index (χ1) is 9.13. The number of nitrogens with two attached hydrogens (primary N) is 1. The maximum absolute atomic E-state index is 11.6. The number of unbranched alkanes of at least 4 members (excludes halogenated alkanes) is 3. The number of hydrogen-bond donors (Lipinski definition) is 1. The summed E-state index contributed by atoms with van der Waals surface area (Å²) in [5, 5.41) is 0. The molecule has 19 heavy (non-hydrogen) atoms. The lowest BCUT2D eigenvalue weighted by Crippen LogP contribution is -2.39. The van der Waals surface area contributed by atoms with Crippen molar-refractivity contribution in [1.29, 1.82) is 0 Å². The van der Waals surface area contributed by atoms with Gasteiger partial charge in [-0.15, -0.1) is 0 Å². The number of esters is 1. The molecule has 0 spiro atoms. The maximum Gasteiger partial charge on any atom is 0.372 e. The van der Waals surface area contributed by atoms with E-state index >= 15 is 0 Å². The summed E-state index contributed by atoms with van der Waals surface area (Å²) in [5.74, 6) is -0.814. The molecule has 1 amide bonds. The van der Waals surface area contributed by atoms with E-state index in [0.717, 1.165) is 25.7 Å². The summed E-state index contributed by atoms with van der Waals surface area (Å²) >= 11 is 0. The van der Waals surface area contributed by atoms with Gasteiger partial charge in [0, 0.05) is 6.07 Å². The monoisotopic (exact) mass is 265 g/mol. The molecule has 0 unspecified atom stereocenters. The molecule has 5 heteroatoms. The number of aromatic nitrogens is 1. The third kappa shape index (κ3) is 5.99. The molecule has 0 aliphatic heterocycles. The molecule has 1 aromatic rings. The standard InChI is InChI=1S/C14H20N2O3/c1-2-3-4-5-9-19-13(17)11-16-8-6-7-12(10-16)14(15)18/h6-8,10H,2-5,9,11H2,1H3,(H-,15,18)/p+1. The van der Waals surface area contributed by atoms with Crippen LogP contribution in [0.5, 0.6) is 0 Å². The van der Waals surface area contributed by atoms with Crippen LogP contribution >= 0.6 is 0 Å². The van der Waals surface area contributed by atoms with E-state index < -0.39 is 5.91 Å². The van der Waals surface area contributed by atoms with Gasteiger partial charge in [0.05, 0.1) is 6.61 Å². The van der Waals surface area contributed by atoms with E-state index in [-0.39, 0.29) is 12.5 Å². The Balaban J connectivity index is 2.35. The van der Waals surface area contributed by atoms with Crippen LogP contribution in [-0.4, -0.2) is 18.5 Å². The second kappa shape index (κ2) is 8.24. The van der Waals surface area contributed by atoms with E-state index in [9.17, 15) is 9.59 Å². The molecule has 0 bridgehead atoms. The summed E-state index contributed by atoms with van der Waals surface area (Å²) in [6.07, 6.45) is 7.53. The Morgan fingerprint density at radius 2 is 2.11 bits per heavy atom. The van der Waals surface area contributed by atoms with Crippen LogP contribution in [-0.2, 0) is 16.1 Å². The molecule has 0 aliphatic rings. The third-order valence-electron chi connectivity index (χ3n) is 2.72. The van der Waals surface area contributed by atoms with E-state index in [2.05, 4.69) is 6.92 Å². The first kappa shape index (κ1) is 15.1. The molecule has 1 aromatic heterocycles. The normalized spacial score (nSPS) is 10.2. The number of amides is 1. The fourth-order valence-electron chi connectivity index (χ4n) is 1.68. The number of hydrogen-bond acceptors (Lipinski definition) is 3. The smallest absolute Gasteiger partial charge is 0.372 e. The Bertz CT molecular complexity index is 432. The third-order valence-corrected chi connectivity index (χ3v) is 2.72. The molecule has 104 valence electrons. The van der Waals surface area contributed by atoms with Gasteiger partial charge in [0.2, 0.25) is 6.54 Å². The topological polar surface area (TPSA) is 73.3 Å². The molecule has 0 radical (unpaired) electrons. The SMILES string of the molecule is CCCCCCOC(=O)C[n+]1cccc(C(N)=O)c1. The minimum atomic E-state index is -0.512. The van der Waals surface area contributed by atoms with Crippen molar-refractivity contribution in [3.05, 3.63) is 30.1 Å². The van der Waals surface area contributed by atoms with Crippen LogP contribution in [0.4, 0.5) is 0 Å². The van der Waals surface area contributed by atoms with Crippen molar-refractivity contribution in [2.24, 2.45) is 5.73 Å². The largest absolute Gasteiger partial charge is 0.461 e. The first-order valence-electron chi connectivity index (χ1n) is 6.58. The van der Waals surface area contributed by atoms with Crippen LogP contribution in [0.3, 0.4) is 0 Å². The van der Waals surface area contributed by atoms with Crippen LogP contribution in [0, 0.1) is 0 Å². The summed E-state index contributed by atoms with van der Waals surface area (Å²) in [7, 11) is 0. The number of pyridine rings is 1. The van der Waals surface area contributed by atoms with Gasteiger partial charge in [0.15, 0.2) is 12.4 Å². The van der Waals surface area contributed by atoms with Gasteiger partial charge in [-0.2, -0.15) is 4.57 Å². The summed E-state index contributed by atoms with van der Waals surface area (Å²) in [6.45, 7) is 2.68. The zero-order valence-electron chi connectivity index (χ0n) is 11.3. The number of carbonyl (C=O) groups is 2. The molecule has 0 aromatic carbocycles. The molecule has 0 fully saturated rings. The molecule has 0 aliphatic carbocycles. The summed E-state index contributed by atoms with van der Waals surface area (Å²) in [6, 6.07) is 3.28. The van der Waals surface area contributed by atoms with Crippen LogP contribution in [0.25, 0.3) is 0 Å². The second-order valence-electron chi connectivity index (χ2n) is 4.41. The quantitative estimate of drug-likeness (QED) is 0.436. The van der Waals surface area contributed by atoms with Crippen LogP contribution in [0.2, 0.25) is 0 Å². The average molecular weight is 265 g/mol. The Morgan fingerprint density at radius 1 is 1.32 bits per heavy atom. The van der Waals surface area contributed by atoms with Crippen molar-refractivity contribution < 1.29 is 18.9 Å². The van der Waals surface area contributed by atoms with Gasteiger partial charge in [0.1, 0.15) is 5.56 Å². The van der Waals surface area contributed by atoms with Crippen molar-refractivity contribution in [3.63, 3.8) is 0 Å². The van der Waals surface area contributed by atoms with E-state index in [4.69, 9.17) is 10.5 Å². The van der Waals surface area contributed by atoms with Crippen molar-refractivity contribution in [3.8, 4) is 0 Å². The lowest BCUT2D eigenvalue weighted by atomic mass is 10.2. The maximum atomic E-state index is 11.6. The van der Waals surface area contributed by atoms with E-state index in [0.29, 0.717) is 12.2 Å². The highest BCUT2D eigenvalue weighted by molar-refractivity contribution is 5.92. The minimum Gasteiger partial charge on any atom is -0.461 e. The number of nitrogens with zero attached hydrogens (tertiary/aromatic N) is 1. The highest BCUT2D eigenvalue weighted by Crippen LogP contribution is 1.99. The Kier molecular flexibility index (Phi) is 6.57. The van der Waals surface area contributed by atoms with Crippen LogP contribution in [0.15, 0.2) is 24.5 Å². The summed E-state index contributed by atoms with van der Waals surface area (Å²) in [5.41, 5.74) is 5.55. The van der Waals surface area contributed by atoms with E-state index in [1.54, 1.807) is 29.1 Å². The number of ether oxygens (including phenoxy) is 1. The lowest BCUT2D eigenvalue weighted by Gasteiger charge is -2.02. The number of rotatable bonds is 8. The second-order valence-corrected chi connectivity index (χ2v) is 4.41. The molecule has 0 saturated carbocycles. The summed E-state index contributed by atoms with van der Waals surface area (Å²) in [4.78, 5) is 22.6. The predicted molar refractivity (Wildman–Crippen MR) is 70.3 cm³/mol. The predicted octanol–water partition coefficient (Wildman–Crippen LogP) is 1.20. The molecule has 0 atom stereocenters. The van der Waals surface area contributed by atoms with Gasteiger partial charge in [-0.05, 0) is 12.5 Å². The van der Waals surface area contributed by atoms with Gasteiger partial charge in [-0.25, -0.2) is 4.79 Å². The molecule has 5 nitrogen and oxygen atoms in total. The molecular formula is C14H21N2O3+. The molecule has 1 rings (SSSR count). The average Bonchev–Trinajstić information content (AvgIpc) is 2.38. The van der Waals surface area contributed by atoms with Crippen LogP contribution < -0.4 is 10.3 Å². The number of primary amides is 1. The fraction of sp³-hybridized carbons (Fsp3) is 0.500. The van der Waals surface area contributed by atoms with E-state index in [1.165, 1.54) is 0 Å². The van der Waals surface area contributed by atoms with Crippen molar-refractivity contribution in [2.45, 2.75) is 39.2 Å². The molecule has 1 heterocycles. The highest BCUT2D eigenvalue weighted by Gasteiger charge is 2.12. The van der Waals surface area contributed by atoms with Gasteiger partial charge in [0.25, 0.3) is 5.91 Å². The Labute approximate surface area is 113 Å².